The van der Waals surface area contributed by atoms with Gasteiger partial charge >= 0.3 is 0 Å². The van der Waals surface area contributed by atoms with Crippen molar-refractivity contribution < 1.29 is 0 Å². The van der Waals surface area contributed by atoms with Crippen LogP contribution < -0.4 is 15.2 Å². The average molecular weight is 541 g/mol. The van der Waals surface area contributed by atoms with Crippen LogP contribution in [-0.4, -0.2) is 111 Å². The second-order valence-corrected chi connectivity index (χ2v) is 11.7. The molecule has 6 heterocycles. The third-order valence-electron chi connectivity index (χ3n) is 7.15. The molecule has 6 rings (SSSR count). The van der Waals surface area contributed by atoms with Gasteiger partial charge in [0.2, 0.25) is 22.2 Å². The predicted molar refractivity (Wildman–Crippen MR) is 145 cm³/mol. The van der Waals surface area contributed by atoms with Crippen molar-refractivity contribution in [1.82, 2.24) is 44.6 Å². The Hall–Kier alpha value is -2.68. The van der Waals surface area contributed by atoms with E-state index in [9.17, 15) is 0 Å². The fraction of sp³-hybridized carbons (Fsp3) is 0.565. The highest BCUT2D eigenvalue weighted by Gasteiger charge is 2.28. The second-order valence-electron chi connectivity index (χ2n) is 9.83. The molecule has 3 aliphatic rings. The summed E-state index contributed by atoms with van der Waals surface area (Å²) in [6, 6.07) is 0. The number of hydrogen-bond acceptors (Lipinski definition) is 13. The Morgan fingerprint density at radius 3 is 1.97 bits per heavy atom. The molecule has 0 bridgehead atoms. The Morgan fingerprint density at radius 1 is 0.730 bits per heavy atom. The number of fused-ring (bicyclic) bond motifs is 2. The van der Waals surface area contributed by atoms with Gasteiger partial charge in [0, 0.05) is 63.6 Å². The molecule has 14 heteroatoms. The number of piperazine rings is 2. The summed E-state index contributed by atoms with van der Waals surface area (Å²) in [7, 11) is 4.30. The molecule has 12 nitrogen and oxygen atoms in total. The molecule has 0 radical (unpaired) electrons. The molecule has 196 valence electrons. The highest BCUT2D eigenvalue weighted by molar-refractivity contribution is 8.00. The Bertz CT molecular complexity index is 1310. The Labute approximate surface area is 225 Å². The molecule has 0 spiro atoms. The third kappa shape index (κ3) is 4.82. The summed E-state index contributed by atoms with van der Waals surface area (Å²) < 4.78 is 1.91. The van der Waals surface area contributed by atoms with E-state index >= 15 is 0 Å². The van der Waals surface area contributed by atoms with E-state index in [1.165, 1.54) is 23.5 Å². The summed E-state index contributed by atoms with van der Waals surface area (Å²) >= 11 is 3.03. The molecular formula is C23H32N12S2. The van der Waals surface area contributed by atoms with Gasteiger partial charge in [-0.1, -0.05) is 0 Å². The van der Waals surface area contributed by atoms with Gasteiger partial charge in [-0.2, -0.15) is 0 Å². The molecule has 37 heavy (non-hydrogen) atoms. The van der Waals surface area contributed by atoms with Crippen LogP contribution in [0.2, 0.25) is 0 Å². The summed E-state index contributed by atoms with van der Waals surface area (Å²) in [5, 5.41) is 12.2. The lowest BCUT2D eigenvalue weighted by Crippen LogP contribution is -2.45. The highest BCUT2D eigenvalue weighted by Crippen LogP contribution is 2.40. The van der Waals surface area contributed by atoms with Gasteiger partial charge in [0.15, 0.2) is 0 Å². The van der Waals surface area contributed by atoms with Crippen molar-refractivity contribution in [2.75, 3.05) is 81.7 Å². The maximum Gasteiger partial charge on any atom is 0.226 e. The van der Waals surface area contributed by atoms with Crippen LogP contribution >= 0.6 is 23.5 Å². The first kappa shape index (κ1) is 24.6. The maximum atomic E-state index is 4.95. The van der Waals surface area contributed by atoms with Crippen molar-refractivity contribution in [2.45, 2.75) is 41.1 Å². The molecule has 3 aliphatic heterocycles. The van der Waals surface area contributed by atoms with Crippen LogP contribution in [0.4, 0.5) is 17.6 Å². The summed E-state index contributed by atoms with van der Waals surface area (Å²) in [5.74, 6) is 1.56. The molecule has 1 N–H and O–H groups in total. The molecule has 3 aromatic rings. The van der Waals surface area contributed by atoms with Crippen molar-refractivity contribution in [1.29, 1.82) is 0 Å². The lowest BCUT2D eigenvalue weighted by atomic mass is 10.3. The number of aryl methyl sites for hydroxylation is 2. The number of nitrogens with one attached hydrogen (secondary N) is 1. The van der Waals surface area contributed by atoms with Gasteiger partial charge in [-0.05, 0) is 58.4 Å². The predicted octanol–water partition coefficient (Wildman–Crippen LogP) is 1.78. The number of nitrogens with zero attached hydrogens (tertiary/aromatic N) is 11. The Balaban J connectivity index is 1.25. The minimum atomic E-state index is 0.723. The van der Waals surface area contributed by atoms with Crippen molar-refractivity contribution in [3.8, 4) is 0 Å². The Morgan fingerprint density at radius 2 is 1.32 bits per heavy atom. The minimum absolute atomic E-state index is 0.723. The molecule has 2 saturated heterocycles. The average Bonchev–Trinajstić information content (AvgIpc) is 3.28. The minimum Gasteiger partial charge on any atom is -0.338 e. The molecule has 2 fully saturated rings. The number of hydrogen-bond donors (Lipinski definition) is 1. The lowest BCUT2D eigenvalue weighted by molar-refractivity contribution is 0.311. The zero-order valence-electron chi connectivity index (χ0n) is 21.9. The van der Waals surface area contributed by atoms with E-state index in [4.69, 9.17) is 19.9 Å². The monoisotopic (exact) mass is 540 g/mol. The highest BCUT2D eigenvalue weighted by atomic mass is 32.2. The van der Waals surface area contributed by atoms with Crippen LogP contribution in [0.5, 0.6) is 0 Å². The van der Waals surface area contributed by atoms with Crippen LogP contribution in [0.25, 0.3) is 0 Å². The topological polar surface area (TPSA) is 107 Å². The summed E-state index contributed by atoms with van der Waals surface area (Å²) in [5.41, 5.74) is 7.32. The zero-order valence-corrected chi connectivity index (χ0v) is 23.5. The first-order valence-corrected chi connectivity index (χ1v) is 14.2. The van der Waals surface area contributed by atoms with Gasteiger partial charge in [-0.25, -0.2) is 24.6 Å². The smallest absolute Gasteiger partial charge is 0.226 e. The van der Waals surface area contributed by atoms with E-state index in [1.54, 1.807) is 0 Å². The van der Waals surface area contributed by atoms with Gasteiger partial charge in [0.1, 0.15) is 15.7 Å². The maximum absolute atomic E-state index is 4.95. The number of aromatic nitrogens is 7. The van der Waals surface area contributed by atoms with E-state index in [2.05, 4.69) is 56.2 Å². The van der Waals surface area contributed by atoms with Crippen LogP contribution in [0.15, 0.2) is 20.4 Å². The largest absolute Gasteiger partial charge is 0.338 e. The fourth-order valence-electron chi connectivity index (χ4n) is 4.49. The van der Waals surface area contributed by atoms with E-state index in [1.807, 2.05) is 18.5 Å². The van der Waals surface area contributed by atoms with Crippen LogP contribution in [0.3, 0.4) is 0 Å². The summed E-state index contributed by atoms with van der Waals surface area (Å²) in [6.45, 7) is 13.9. The van der Waals surface area contributed by atoms with Gasteiger partial charge in [0.25, 0.3) is 0 Å². The number of likely N-dealkylation sites (N-methyl/N-ethyl adjacent to an activating group) is 2. The molecule has 0 atom stereocenters. The van der Waals surface area contributed by atoms with Crippen molar-refractivity contribution in [3.63, 3.8) is 0 Å². The van der Waals surface area contributed by atoms with Crippen molar-refractivity contribution >= 4 is 41.1 Å². The number of rotatable bonds is 4. The van der Waals surface area contributed by atoms with Crippen LogP contribution in [0.1, 0.15) is 17.0 Å². The third-order valence-corrected chi connectivity index (χ3v) is 9.13. The zero-order chi connectivity index (χ0) is 25.7. The second kappa shape index (κ2) is 9.89. The van der Waals surface area contributed by atoms with Crippen LogP contribution in [-0.2, 0) is 0 Å². The fourth-order valence-corrected chi connectivity index (χ4v) is 6.35. The SMILES string of the molecule is Cc1nc(N2CCN(C)CC2)nc(Sc2nnc3n2Nc2c(C)nc(N4CCN(C)CC4)nc2S3)c1C. The van der Waals surface area contributed by atoms with Crippen LogP contribution in [0, 0.1) is 20.8 Å². The van der Waals surface area contributed by atoms with Crippen molar-refractivity contribution in [2.24, 2.45) is 0 Å². The van der Waals surface area contributed by atoms with E-state index in [0.717, 1.165) is 107 Å². The summed E-state index contributed by atoms with van der Waals surface area (Å²) in [4.78, 5) is 28.6. The molecule has 3 aromatic heterocycles. The van der Waals surface area contributed by atoms with E-state index in [-0.39, 0.29) is 0 Å². The molecule has 0 amide bonds. The molecule has 0 aliphatic carbocycles. The van der Waals surface area contributed by atoms with Gasteiger partial charge < -0.3 is 19.6 Å². The van der Waals surface area contributed by atoms with E-state index in [0.29, 0.717) is 0 Å². The molecule has 0 unspecified atom stereocenters. The normalized spacial score (nSPS) is 18.5. The Kier molecular flexibility index (Phi) is 6.59. The lowest BCUT2D eigenvalue weighted by Gasteiger charge is -2.33. The molecule has 0 aromatic carbocycles. The van der Waals surface area contributed by atoms with Crippen molar-refractivity contribution in [3.05, 3.63) is 17.0 Å². The van der Waals surface area contributed by atoms with E-state index < -0.39 is 0 Å². The van der Waals surface area contributed by atoms with Gasteiger partial charge in [-0.15, -0.1) is 10.2 Å². The van der Waals surface area contributed by atoms with Gasteiger partial charge in [0.05, 0.1) is 5.69 Å². The first-order chi connectivity index (χ1) is 17.9. The standard InChI is InChI=1S/C23H32N12S2/c1-14-15(2)24-20(33-10-6-31(4)7-11-33)26-18(14)36-22-28-29-23-35(22)30-17-16(3)25-21(27-19(17)37-23)34-12-8-32(5)9-13-34/h30H,6-13H2,1-5H3. The number of anilines is 3. The summed E-state index contributed by atoms with van der Waals surface area (Å²) in [6.07, 6.45) is 0. The molecule has 0 saturated carbocycles. The van der Waals surface area contributed by atoms with Gasteiger partial charge in [-0.3, -0.25) is 5.43 Å². The molecular weight excluding hydrogens is 508 g/mol. The first-order valence-electron chi connectivity index (χ1n) is 12.5. The quantitative estimate of drug-likeness (QED) is 0.380.